The molecule has 1 saturated heterocycles. The maximum Gasteiger partial charge on any atom is 0.152 e. The van der Waals surface area contributed by atoms with E-state index >= 15 is 0 Å². The zero-order chi connectivity index (χ0) is 10.7. The Kier molecular flexibility index (Phi) is 3.54. The Balaban J connectivity index is 2.15. The van der Waals surface area contributed by atoms with Crippen molar-refractivity contribution in [2.45, 2.75) is 32.2 Å². The van der Waals surface area contributed by atoms with Crippen LogP contribution in [0, 0.1) is 0 Å². The fourth-order valence-corrected chi connectivity index (χ4v) is 3.18. The molecule has 2 nitrogen and oxygen atoms in total. The molecule has 0 spiro atoms. The molecule has 1 atom stereocenters. The van der Waals surface area contributed by atoms with Gasteiger partial charge < -0.3 is 0 Å². The van der Waals surface area contributed by atoms with Gasteiger partial charge in [0.1, 0.15) is 6.04 Å². The molecule has 1 fully saturated rings. The van der Waals surface area contributed by atoms with E-state index in [9.17, 15) is 4.79 Å². The first-order valence-corrected chi connectivity index (χ1v) is 6.45. The van der Waals surface area contributed by atoms with E-state index in [0.717, 1.165) is 13.1 Å². The van der Waals surface area contributed by atoms with Crippen LogP contribution >= 0.6 is 11.3 Å². The van der Waals surface area contributed by atoms with Crippen molar-refractivity contribution in [3.8, 4) is 0 Å². The van der Waals surface area contributed by atoms with Gasteiger partial charge in [-0.2, -0.15) is 0 Å². The van der Waals surface area contributed by atoms with Crippen molar-refractivity contribution in [1.29, 1.82) is 0 Å². The van der Waals surface area contributed by atoms with Crippen LogP contribution in [-0.4, -0.2) is 23.8 Å². The lowest BCUT2D eigenvalue weighted by atomic mass is 10.0. The number of nitrogens with zero attached hydrogens (tertiary/aromatic N) is 1. The van der Waals surface area contributed by atoms with E-state index < -0.39 is 0 Å². The van der Waals surface area contributed by atoms with Crippen molar-refractivity contribution in [2.24, 2.45) is 0 Å². The number of Topliss-reactive ketones (excluding diaryl/α,β-unsaturated/α-hetero) is 1. The van der Waals surface area contributed by atoms with E-state index in [0.29, 0.717) is 0 Å². The second-order valence-corrected chi connectivity index (χ2v) is 5.10. The summed E-state index contributed by atoms with van der Waals surface area (Å²) in [5.41, 5.74) is 0. The molecular weight excluding hydrogens is 206 g/mol. The molecular formula is C12H17NOS. The van der Waals surface area contributed by atoms with Gasteiger partial charge in [-0.05, 0) is 44.3 Å². The molecule has 0 N–H and O–H groups in total. The lowest BCUT2D eigenvalue weighted by Crippen LogP contribution is -2.36. The van der Waals surface area contributed by atoms with Crippen LogP contribution in [-0.2, 0) is 4.79 Å². The van der Waals surface area contributed by atoms with Crippen LogP contribution in [0.2, 0.25) is 0 Å². The van der Waals surface area contributed by atoms with Crippen LogP contribution in [0.4, 0.5) is 0 Å². The van der Waals surface area contributed by atoms with E-state index in [1.807, 2.05) is 6.07 Å². The molecule has 0 saturated carbocycles. The predicted octanol–water partition coefficient (Wildman–Crippen LogP) is 2.86. The van der Waals surface area contributed by atoms with Gasteiger partial charge in [0, 0.05) is 4.88 Å². The van der Waals surface area contributed by atoms with Crippen molar-refractivity contribution in [3.05, 3.63) is 22.4 Å². The molecule has 1 aromatic rings. The molecule has 0 bridgehead atoms. The number of hydrogen-bond donors (Lipinski definition) is 0. The first kappa shape index (κ1) is 10.8. The maximum absolute atomic E-state index is 11.7. The second-order valence-electron chi connectivity index (χ2n) is 4.13. The Hall–Kier alpha value is -0.670. The summed E-state index contributed by atoms with van der Waals surface area (Å²) < 4.78 is 0. The highest BCUT2D eigenvalue weighted by molar-refractivity contribution is 7.10. The molecule has 82 valence electrons. The van der Waals surface area contributed by atoms with Gasteiger partial charge in [-0.1, -0.05) is 12.5 Å². The summed E-state index contributed by atoms with van der Waals surface area (Å²) >= 11 is 1.69. The standard InChI is InChI=1S/C12H17NOS/c1-10(14)12(11-6-5-9-15-11)13-7-3-2-4-8-13/h5-6,9,12H,2-4,7-8H2,1H3. The first-order chi connectivity index (χ1) is 7.29. The lowest BCUT2D eigenvalue weighted by molar-refractivity contribution is -0.122. The molecule has 1 aliphatic rings. The summed E-state index contributed by atoms with van der Waals surface area (Å²) in [5, 5.41) is 2.05. The fraction of sp³-hybridized carbons (Fsp3) is 0.583. The van der Waals surface area contributed by atoms with Gasteiger partial charge in [0.15, 0.2) is 5.78 Å². The van der Waals surface area contributed by atoms with Crippen molar-refractivity contribution >= 4 is 17.1 Å². The molecule has 3 heteroatoms. The van der Waals surface area contributed by atoms with Gasteiger partial charge in [0.2, 0.25) is 0 Å². The molecule has 1 aliphatic heterocycles. The SMILES string of the molecule is CC(=O)C(c1cccs1)N1CCCCC1. The molecule has 15 heavy (non-hydrogen) atoms. The molecule has 1 aromatic heterocycles. The summed E-state index contributed by atoms with van der Waals surface area (Å²) in [6.07, 6.45) is 3.77. The minimum atomic E-state index is 0.0188. The molecule has 2 heterocycles. The van der Waals surface area contributed by atoms with E-state index in [1.165, 1.54) is 24.1 Å². The molecule has 0 aliphatic carbocycles. The van der Waals surface area contributed by atoms with Gasteiger partial charge in [-0.25, -0.2) is 0 Å². The maximum atomic E-state index is 11.7. The smallest absolute Gasteiger partial charge is 0.152 e. The van der Waals surface area contributed by atoms with Crippen molar-refractivity contribution < 1.29 is 4.79 Å². The molecule has 0 radical (unpaired) electrons. The Morgan fingerprint density at radius 1 is 1.40 bits per heavy atom. The highest BCUT2D eigenvalue weighted by atomic mass is 32.1. The third-order valence-electron chi connectivity index (χ3n) is 2.95. The van der Waals surface area contributed by atoms with E-state index in [2.05, 4.69) is 16.3 Å². The average Bonchev–Trinajstić information content (AvgIpc) is 2.72. The van der Waals surface area contributed by atoms with Crippen LogP contribution in [0.5, 0.6) is 0 Å². The Labute approximate surface area is 94.9 Å². The zero-order valence-electron chi connectivity index (χ0n) is 9.11. The topological polar surface area (TPSA) is 20.3 Å². The quantitative estimate of drug-likeness (QED) is 0.785. The van der Waals surface area contributed by atoms with Gasteiger partial charge in [-0.3, -0.25) is 9.69 Å². The van der Waals surface area contributed by atoms with Crippen LogP contribution in [0.15, 0.2) is 17.5 Å². The normalized spacial score (nSPS) is 20.1. The number of piperidine rings is 1. The number of ketones is 1. The van der Waals surface area contributed by atoms with Crippen LogP contribution < -0.4 is 0 Å². The minimum absolute atomic E-state index is 0.0188. The van der Waals surface area contributed by atoms with E-state index in [1.54, 1.807) is 18.3 Å². The molecule has 0 aromatic carbocycles. The zero-order valence-corrected chi connectivity index (χ0v) is 9.93. The van der Waals surface area contributed by atoms with Crippen LogP contribution in [0.3, 0.4) is 0 Å². The van der Waals surface area contributed by atoms with Gasteiger partial charge >= 0.3 is 0 Å². The van der Waals surface area contributed by atoms with Gasteiger partial charge in [0.25, 0.3) is 0 Å². The van der Waals surface area contributed by atoms with Crippen molar-refractivity contribution in [2.75, 3.05) is 13.1 Å². The lowest BCUT2D eigenvalue weighted by Gasteiger charge is -2.32. The predicted molar refractivity (Wildman–Crippen MR) is 63.2 cm³/mol. The van der Waals surface area contributed by atoms with Crippen molar-refractivity contribution in [1.82, 2.24) is 4.90 Å². The first-order valence-electron chi connectivity index (χ1n) is 5.57. The van der Waals surface area contributed by atoms with Crippen molar-refractivity contribution in [3.63, 3.8) is 0 Å². The minimum Gasteiger partial charge on any atom is -0.298 e. The highest BCUT2D eigenvalue weighted by Gasteiger charge is 2.26. The fourth-order valence-electron chi connectivity index (χ4n) is 2.26. The van der Waals surface area contributed by atoms with Gasteiger partial charge in [0.05, 0.1) is 0 Å². The van der Waals surface area contributed by atoms with Crippen LogP contribution in [0.25, 0.3) is 0 Å². The highest BCUT2D eigenvalue weighted by Crippen LogP contribution is 2.28. The number of thiophene rings is 1. The third-order valence-corrected chi connectivity index (χ3v) is 3.88. The Morgan fingerprint density at radius 3 is 2.67 bits per heavy atom. The largest absolute Gasteiger partial charge is 0.298 e. The second kappa shape index (κ2) is 4.90. The summed E-state index contributed by atoms with van der Waals surface area (Å²) in [4.78, 5) is 15.2. The number of carbonyl (C=O) groups is 1. The summed E-state index contributed by atoms with van der Waals surface area (Å²) in [7, 11) is 0. The summed E-state index contributed by atoms with van der Waals surface area (Å²) in [6, 6.07) is 4.12. The van der Waals surface area contributed by atoms with Crippen LogP contribution in [0.1, 0.15) is 37.1 Å². The third kappa shape index (κ3) is 2.47. The Bertz CT molecular complexity index is 314. The van der Waals surface area contributed by atoms with Gasteiger partial charge in [-0.15, -0.1) is 11.3 Å². The number of carbonyl (C=O) groups excluding carboxylic acids is 1. The molecule has 2 rings (SSSR count). The summed E-state index contributed by atoms with van der Waals surface area (Å²) in [6.45, 7) is 3.85. The average molecular weight is 223 g/mol. The molecule has 0 amide bonds. The Morgan fingerprint density at radius 2 is 2.13 bits per heavy atom. The van der Waals surface area contributed by atoms with E-state index in [-0.39, 0.29) is 11.8 Å². The number of hydrogen-bond acceptors (Lipinski definition) is 3. The monoisotopic (exact) mass is 223 g/mol. The number of rotatable bonds is 3. The molecule has 1 unspecified atom stereocenters. The summed E-state index contributed by atoms with van der Waals surface area (Å²) in [5.74, 6) is 0.277. The number of likely N-dealkylation sites (tertiary alicyclic amines) is 1. The van der Waals surface area contributed by atoms with E-state index in [4.69, 9.17) is 0 Å².